The Kier molecular flexibility index (Phi) is 4.38. The highest BCUT2D eigenvalue weighted by Gasteiger charge is 2.20. The molecule has 1 aromatic carbocycles. The van der Waals surface area contributed by atoms with Gasteiger partial charge in [-0.15, -0.1) is 0 Å². The minimum Gasteiger partial charge on any atom is -0.336 e. The van der Waals surface area contributed by atoms with E-state index in [9.17, 15) is 8.42 Å². The van der Waals surface area contributed by atoms with Crippen molar-refractivity contribution in [2.24, 2.45) is 5.84 Å². The summed E-state index contributed by atoms with van der Waals surface area (Å²) >= 11 is 0. The summed E-state index contributed by atoms with van der Waals surface area (Å²) in [5, 5.41) is 0. The topological polar surface area (TPSA) is 102 Å². The maximum Gasteiger partial charge on any atom is 0.242 e. The van der Waals surface area contributed by atoms with E-state index in [1.807, 2.05) is 0 Å². The maximum absolute atomic E-state index is 12.3. The van der Waals surface area contributed by atoms with Crippen molar-refractivity contribution < 1.29 is 8.42 Å². The second-order valence-electron chi connectivity index (χ2n) is 4.42. The lowest BCUT2D eigenvalue weighted by atomic mass is 10.3. The zero-order valence-electron chi connectivity index (χ0n) is 11.0. The molecule has 4 N–H and O–H groups in total. The number of sulfonamides is 1. The molecule has 1 unspecified atom stereocenters. The van der Waals surface area contributed by atoms with Gasteiger partial charge in [-0.2, -0.15) is 0 Å². The van der Waals surface area contributed by atoms with E-state index in [1.54, 1.807) is 48.4 Å². The first-order valence-electron chi connectivity index (χ1n) is 6.06. The lowest BCUT2D eigenvalue weighted by Gasteiger charge is -2.16. The van der Waals surface area contributed by atoms with Crippen molar-refractivity contribution >= 4 is 15.7 Å². The molecule has 0 aliphatic rings. The van der Waals surface area contributed by atoms with Crippen molar-refractivity contribution in [1.29, 1.82) is 0 Å². The average Bonchev–Trinajstić information content (AvgIpc) is 2.90. The van der Waals surface area contributed by atoms with Gasteiger partial charge >= 0.3 is 0 Å². The first kappa shape index (κ1) is 14.5. The molecule has 2 rings (SSSR count). The van der Waals surface area contributed by atoms with Gasteiger partial charge in [0.1, 0.15) is 4.90 Å². The summed E-state index contributed by atoms with van der Waals surface area (Å²) in [6.45, 7) is 2.29. The van der Waals surface area contributed by atoms with Crippen LogP contribution in [-0.4, -0.2) is 24.0 Å². The predicted molar refractivity (Wildman–Crippen MR) is 76.3 cm³/mol. The van der Waals surface area contributed by atoms with E-state index >= 15 is 0 Å². The number of anilines is 1. The van der Waals surface area contributed by atoms with E-state index in [-0.39, 0.29) is 10.9 Å². The maximum atomic E-state index is 12.3. The summed E-state index contributed by atoms with van der Waals surface area (Å²) < 4.78 is 29.1. The summed E-state index contributed by atoms with van der Waals surface area (Å²) in [6, 6.07) is 6.19. The Hall–Kier alpha value is -1.90. The van der Waals surface area contributed by atoms with Crippen LogP contribution in [0, 0.1) is 0 Å². The smallest absolute Gasteiger partial charge is 0.242 e. The molecule has 0 bridgehead atoms. The molecule has 0 aliphatic heterocycles. The van der Waals surface area contributed by atoms with Gasteiger partial charge in [0.25, 0.3) is 0 Å². The van der Waals surface area contributed by atoms with E-state index in [0.717, 1.165) is 0 Å². The van der Waals surface area contributed by atoms with Gasteiger partial charge in [-0.1, -0.05) is 12.1 Å². The number of hydrogen-bond acceptors (Lipinski definition) is 5. The Labute approximate surface area is 117 Å². The van der Waals surface area contributed by atoms with Gasteiger partial charge < -0.3 is 9.99 Å². The number of rotatable bonds is 6. The van der Waals surface area contributed by atoms with Crippen LogP contribution in [0.25, 0.3) is 0 Å². The quantitative estimate of drug-likeness (QED) is 0.533. The number of nitrogens with one attached hydrogen (secondary N) is 2. The molecule has 20 heavy (non-hydrogen) atoms. The zero-order chi connectivity index (χ0) is 14.6. The minimum atomic E-state index is -3.63. The fraction of sp³-hybridized carbons (Fsp3) is 0.250. The summed E-state index contributed by atoms with van der Waals surface area (Å²) in [6.07, 6.45) is 5.06. The Balaban J connectivity index is 2.14. The second-order valence-corrected chi connectivity index (χ2v) is 6.10. The fourth-order valence-corrected chi connectivity index (χ4v) is 3.30. The number of hydrazine groups is 1. The molecule has 108 valence electrons. The van der Waals surface area contributed by atoms with Crippen LogP contribution in [0.5, 0.6) is 0 Å². The largest absolute Gasteiger partial charge is 0.336 e. The second kappa shape index (κ2) is 6.04. The van der Waals surface area contributed by atoms with Crippen molar-refractivity contribution in [3.8, 4) is 0 Å². The number of benzene rings is 1. The van der Waals surface area contributed by atoms with Crippen molar-refractivity contribution in [1.82, 2.24) is 14.3 Å². The number of aromatic nitrogens is 2. The molecule has 2 aromatic rings. The molecule has 1 heterocycles. The van der Waals surface area contributed by atoms with Gasteiger partial charge in [0.15, 0.2) is 0 Å². The van der Waals surface area contributed by atoms with Gasteiger partial charge in [0.05, 0.1) is 12.0 Å². The molecular formula is C12H17N5O2S. The van der Waals surface area contributed by atoms with E-state index < -0.39 is 10.0 Å². The van der Waals surface area contributed by atoms with Crippen molar-refractivity contribution in [2.45, 2.75) is 24.4 Å². The third kappa shape index (κ3) is 3.35. The molecule has 0 saturated heterocycles. The number of imidazole rings is 1. The standard InChI is InChI=1S/C12H17N5O2S/c1-10(8-17-7-6-14-9-17)16-20(18,19)12-5-3-2-4-11(12)15-13/h2-7,9-10,15-16H,8,13H2,1H3. The molecule has 8 heteroatoms. The average molecular weight is 295 g/mol. The summed E-state index contributed by atoms with van der Waals surface area (Å²) in [5.41, 5.74) is 2.74. The van der Waals surface area contributed by atoms with Gasteiger partial charge in [-0.25, -0.2) is 18.1 Å². The van der Waals surface area contributed by atoms with Gasteiger partial charge in [-0.05, 0) is 19.1 Å². The minimum absolute atomic E-state index is 0.125. The highest BCUT2D eigenvalue weighted by Crippen LogP contribution is 2.19. The van der Waals surface area contributed by atoms with E-state index in [2.05, 4.69) is 15.1 Å². The highest BCUT2D eigenvalue weighted by molar-refractivity contribution is 7.89. The number of nitrogens with zero attached hydrogens (tertiary/aromatic N) is 2. The van der Waals surface area contributed by atoms with Crippen molar-refractivity contribution in [2.75, 3.05) is 5.43 Å². The molecule has 0 radical (unpaired) electrons. The van der Waals surface area contributed by atoms with Crippen LogP contribution in [0.1, 0.15) is 6.92 Å². The third-order valence-electron chi connectivity index (χ3n) is 2.73. The molecule has 0 spiro atoms. The summed E-state index contributed by atoms with van der Waals surface area (Å²) in [4.78, 5) is 4.04. The van der Waals surface area contributed by atoms with Gasteiger partial charge in [0.2, 0.25) is 10.0 Å². The van der Waals surface area contributed by atoms with Crippen LogP contribution in [-0.2, 0) is 16.6 Å². The van der Waals surface area contributed by atoms with Crippen molar-refractivity contribution in [3.05, 3.63) is 43.0 Å². The lowest BCUT2D eigenvalue weighted by Crippen LogP contribution is -2.36. The number of hydrogen-bond donors (Lipinski definition) is 3. The SMILES string of the molecule is CC(Cn1ccnc1)NS(=O)(=O)c1ccccc1NN. The first-order valence-corrected chi connectivity index (χ1v) is 7.55. The Morgan fingerprint density at radius 2 is 2.15 bits per heavy atom. The van der Waals surface area contributed by atoms with Crippen LogP contribution >= 0.6 is 0 Å². The Morgan fingerprint density at radius 3 is 2.80 bits per heavy atom. The molecule has 0 saturated carbocycles. The fourth-order valence-electron chi connectivity index (χ4n) is 1.90. The summed E-state index contributed by atoms with van der Waals surface area (Å²) in [7, 11) is -3.63. The number of para-hydroxylation sites is 1. The molecule has 0 fully saturated rings. The van der Waals surface area contributed by atoms with E-state index in [0.29, 0.717) is 12.2 Å². The van der Waals surface area contributed by atoms with Gasteiger partial charge in [-0.3, -0.25) is 5.84 Å². The Morgan fingerprint density at radius 1 is 1.40 bits per heavy atom. The molecule has 0 amide bonds. The highest BCUT2D eigenvalue weighted by atomic mass is 32.2. The summed E-state index contributed by atoms with van der Waals surface area (Å²) in [5.74, 6) is 5.33. The van der Waals surface area contributed by atoms with Crippen LogP contribution in [0.15, 0.2) is 47.9 Å². The third-order valence-corrected chi connectivity index (χ3v) is 4.38. The molecule has 7 nitrogen and oxygen atoms in total. The van der Waals surface area contributed by atoms with Crippen LogP contribution in [0.3, 0.4) is 0 Å². The van der Waals surface area contributed by atoms with E-state index in [1.165, 1.54) is 6.07 Å². The first-order chi connectivity index (χ1) is 9.53. The van der Waals surface area contributed by atoms with Crippen LogP contribution in [0.4, 0.5) is 5.69 Å². The van der Waals surface area contributed by atoms with Gasteiger partial charge in [0, 0.05) is 25.0 Å². The predicted octanol–water partition coefficient (Wildman–Crippen LogP) is 0.536. The zero-order valence-corrected chi connectivity index (χ0v) is 11.8. The van der Waals surface area contributed by atoms with Crippen LogP contribution in [0.2, 0.25) is 0 Å². The monoisotopic (exact) mass is 295 g/mol. The van der Waals surface area contributed by atoms with Crippen molar-refractivity contribution in [3.63, 3.8) is 0 Å². The Bertz CT molecular complexity index is 654. The number of nitrogen functional groups attached to an aromatic ring is 1. The van der Waals surface area contributed by atoms with Crippen LogP contribution < -0.4 is 16.0 Å². The van der Waals surface area contributed by atoms with E-state index in [4.69, 9.17) is 5.84 Å². The molecule has 1 atom stereocenters. The molecular weight excluding hydrogens is 278 g/mol. The number of nitrogens with two attached hydrogens (primary N) is 1. The molecule has 0 aliphatic carbocycles. The normalized spacial score (nSPS) is 13.1. The molecule has 1 aromatic heterocycles. The lowest BCUT2D eigenvalue weighted by molar-refractivity contribution is 0.520.